The summed E-state index contributed by atoms with van der Waals surface area (Å²) in [6.45, 7) is 8.32. The molecule has 6 nitrogen and oxygen atoms in total. The topological polar surface area (TPSA) is 86.5 Å². The van der Waals surface area contributed by atoms with Crippen LogP contribution < -0.4 is 0 Å². The molecule has 7 heteroatoms. The molecule has 0 aromatic heterocycles. The first-order chi connectivity index (χ1) is 6.96. The van der Waals surface area contributed by atoms with Crippen LogP contribution in [0.15, 0.2) is 0 Å². The van der Waals surface area contributed by atoms with Crippen LogP contribution in [-0.4, -0.2) is 35.3 Å². The second kappa shape index (κ2) is 4.87. The number of hydrogen-bond donors (Lipinski definition) is 1. The van der Waals surface area contributed by atoms with Crippen molar-refractivity contribution >= 4 is 9.31 Å². The summed E-state index contributed by atoms with van der Waals surface area (Å²) in [6.07, 6.45) is 0. The summed E-state index contributed by atoms with van der Waals surface area (Å²) in [5.41, 5.74) is -1.21. The van der Waals surface area contributed by atoms with Crippen molar-refractivity contribution in [3.63, 3.8) is 0 Å². The van der Waals surface area contributed by atoms with Crippen molar-refractivity contribution in [3.8, 4) is 0 Å². The fourth-order valence-corrected chi connectivity index (χ4v) is 4.30. The van der Waals surface area contributed by atoms with Crippen molar-refractivity contribution in [1.29, 1.82) is 0 Å². The zero-order valence-corrected chi connectivity index (χ0v) is 15.8. The number of hydrogen-bond acceptors (Lipinski definition) is 3. The zero-order valence-electron chi connectivity index (χ0n) is 10.3. The molecule has 0 atom stereocenters. The van der Waals surface area contributed by atoms with Gasteiger partial charge in [0.05, 0.1) is 0 Å². The number of aliphatic carboxylic acids is 1. The Balaban J connectivity index is 0.000000487. The summed E-state index contributed by atoms with van der Waals surface area (Å²) in [7, 11) is 0. The summed E-state index contributed by atoms with van der Waals surface area (Å²) < 4.78 is 1.31. The van der Waals surface area contributed by atoms with Crippen molar-refractivity contribution in [2.24, 2.45) is 0 Å². The monoisotopic (exact) mass is 418 g/mol. The van der Waals surface area contributed by atoms with Gasteiger partial charge in [0.2, 0.25) is 0 Å². The normalized spacial score (nSPS) is 21.6. The number of carboxylic acid groups (broad SMARTS) is 1. The van der Waals surface area contributed by atoms with Crippen LogP contribution in [-0.2, 0) is 36.1 Å². The second-order valence-electron chi connectivity index (χ2n) is 4.64. The molecule has 0 amide bonds. The van der Waals surface area contributed by atoms with E-state index in [0.717, 1.165) is 16.7 Å². The third-order valence-corrected chi connectivity index (χ3v) is 5.21. The molecule has 1 heterocycles. The molecule has 0 saturated heterocycles. The van der Waals surface area contributed by atoms with Gasteiger partial charge in [-0.05, 0) is 0 Å². The Morgan fingerprint density at radius 3 is 1.81 bits per heavy atom. The number of nitrogens with zero attached hydrogens (tertiary/aromatic N) is 2. The van der Waals surface area contributed by atoms with Crippen LogP contribution in [0.1, 0.15) is 34.6 Å². The number of carbonyl (C=O) groups is 1. The third-order valence-electron chi connectivity index (χ3n) is 2.98. The fourth-order valence-electron chi connectivity index (χ4n) is 1.22. The van der Waals surface area contributed by atoms with Gasteiger partial charge < -0.3 is 5.11 Å². The molecule has 1 aliphatic rings. The van der Waals surface area contributed by atoms with Crippen LogP contribution in [0.3, 0.4) is 0 Å². The van der Waals surface area contributed by atoms with Crippen LogP contribution in [0.5, 0.6) is 0 Å². The molecule has 0 spiro atoms. The van der Waals surface area contributed by atoms with Gasteiger partial charge in [-0.3, -0.25) is 4.79 Å². The van der Waals surface area contributed by atoms with Gasteiger partial charge >= 0.3 is 88.5 Å². The van der Waals surface area contributed by atoms with Gasteiger partial charge in [0, 0.05) is 6.92 Å². The van der Waals surface area contributed by atoms with E-state index in [4.69, 9.17) is 9.90 Å². The fraction of sp³-hybridized carbons (Fsp3) is 0.778. The minimum absolute atomic E-state index is 0.0881. The Morgan fingerprint density at radius 1 is 1.44 bits per heavy atom. The van der Waals surface area contributed by atoms with Crippen molar-refractivity contribution in [2.75, 3.05) is 0 Å². The van der Waals surface area contributed by atoms with E-state index in [2.05, 4.69) is 0 Å². The van der Waals surface area contributed by atoms with E-state index in [1.165, 1.54) is 0 Å². The molecular formula is C9H16HgN2O4. The van der Waals surface area contributed by atoms with Gasteiger partial charge in [-0.1, -0.05) is 0 Å². The Hall–Kier alpha value is -0.365. The van der Waals surface area contributed by atoms with Crippen molar-refractivity contribution < 1.29 is 46.0 Å². The SMILES string of the molecule is CC(=O)O.CC1(C)N([O])[C]([Hg])=[N+]([O-])C1(C)C. The molecule has 0 bridgehead atoms. The van der Waals surface area contributed by atoms with Gasteiger partial charge in [-0.2, -0.15) is 0 Å². The molecule has 88 valence electrons. The van der Waals surface area contributed by atoms with E-state index < -0.39 is 17.0 Å². The van der Waals surface area contributed by atoms with E-state index >= 15 is 0 Å². The summed E-state index contributed by atoms with van der Waals surface area (Å²) in [6, 6.07) is 0. The molecule has 0 fully saturated rings. The van der Waals surface area contributed by atoms with Gasteiger partial charge in [-0.25, -0.2) is 0 Å². The van der Waals surface area contributed by atoms with Crippen LogP contribution in [0.4, 0.5) is 0 Å². The molecule has 16 heavy (non-hydrogen) atoms. The summed E-state index contributed by atoms with van der Waals surface area (Å²) >= 11 is 0.0881. The number of rotatable bonds is 0. The van der Waals surface area contributed by atoms with E-state index in [1.54, 1.807) is 0 Å². The predicted molar refractivity (Wildman–Crippen MR) is 52.6 cm³/mol. The average Bonchev–Trinajstić information content (AvgIpc) is 2.20. The Bertz CT molecular complexity index is 321. The van der Waals surface area contributed by atoms with Crippen LogP contribution in [0, 0.1) is 5.21 Å². The molecule has 1 rings (SSSR count). The third kappa shape index (κ3) is 2.65. The molecule has 0 aromatic rings. The molecule has 1 aliphatic heterocycles. The maximum atomic E-state index is 11.5. The molecule has 0 aromatic carbocycles. The molecule has 1 radical (unpaired) electrons. The standard InChI is InChI=1S/C7H12N2O2.C2H4O2.Hg/c1-6(2)7(3,4)9(11)5-8(6)10;1-2(3)4;/h1-4H3;1H3,(H,3,4);. The number of carboxylic acids is 1. The van der Waals surface area contributed by atoms with Crippen molar-refractivity contribution in [3.05, 3.63) is 5.21 Å². The summed E-state index contributed by atoms with van der Waals surface area (Å²) in [5, 5.41) is 31.4. The van der Waals surface area contributed by atoms with Crippen molar-refractivity contribution in [1.82, 2.24) is 5.06 Å². The van der Waals surface area contributed by atoms with Gasteiger partial charge in [0.25, 0.3) is 5.97 Å². The first-order valence-corrected chi connectivity index (χ1v) is 7.54. The second-order valence-corrected chi connectivity index (χ2v) is 7.10. The Morgan fingerprint density at radius 2 is 1.75 bits per heavy atom. The summed E-state index contributed by atoms with van der Waals surface area (Å²) in [5.74, 6) is -0.833. The number of amidine groups is 1. The summed E-state index contributed by atoms with van der Waals surface area (Å²) in [4.78, 5) is 9.00. The molecule has 1 N–H and O–H groups in total. The molecule has 0 saturated carbocycles. The maximum absolute atomic E-state index is 11.5. The van der Waals surface area contributed by atoms with Gasteiger partial charge in [0.1, 0.15) is 0 Å². The Labute approximate surface area is 111 Å². The van der Waals surface area contributed by atoms with Crippen molar-refractivity contribution in [2.45, 2.75) is 45.7 Å². The minimum atomic E-state index is -0.833. The van der Waals surface area contributed by atoms with Crippen LogP contribution in [0.25, 0.3) is 0 Å². The first kappa shape index (κ1) is 15.6. The van der Waals surface area contributed by atoms with E-state index in [1.807, 2.05) is 27.7 Å². The molecular weight excluding hydrogens is 401 g/mol. The molecule has 0 aliphatic carbocycles. The van der Waals surface area contributed by atoms with Crippen LogP contribution in [0.2, 0.25) is 0 Å². The zero-order chi connectivity index (χ0) is 13.3. The van der Waals surface area contributed by atoms with Gasteiger partial charge in [0.15, 0.2) is 0 Å². The van der Waals surface area contributed by atoms with E-state index in [-0.39, 0.29) is 26.1 Å². The first-order valence-electron chi connectivity index (χ1n) is 4.79. The molecule has 0 unspecified atom stereocenters. The average molecular weight is 417 g/mol. The predicted octanol–water partition coefficient (Wildman–Crippen LogP) is 0.709. The van der Waals surface area contributed by atoms with Gasteiger partial charge in [-0.15, -0.1) is 0 Å². The quantitative estimate of drug-likeness (QED) is 0.358. The van der Waals surface area contributed by atoms with E-state index in [0.29, 0.717) is 3.34 Å². The van der Waals surface area contributed by atoms with Crippen LogP contribution >= 0.6 is 0 Å². The Kier molecular flexibility index (Phi) is 4.76. The number of hydroxylamine groups is 3. The van der Waals surface area contributed by atoms with E-state index in [9.17, 15) is 10.4 Å².